The smallest absolute Gasteiger partial charge is 0.150 e. The van der Waals surface area contributed by atoms with E-state index in [2.05, 4.69) is 17.4 Å². The molecule has 0 aliphatic carbocycles. The molecule has 0 saturated carbocycles. The van der Waals surface area contributed by atoms with Gasteiger partial charge < -0.3 is 9.30 Å². The molecule has 5 nitrogen and oxygen atoms in total. The van der Waals surface area contributed by atoms with Crippen molar-refractivity contribution < 1.29 is 9.53 Å². The van der Waals surface area contributed by atoms with Crippen LogP contribution in [0.15, 0.2) is 42.7 Å². The van der Waals surface area contributed by atoms with E-state index >= 15 is 0 Å². The third-order valence-corrected chi connectivity index (χ3v) is 4.39. The highest BCUT2D eigenvalue weighted by molar-refractivity contribution is 6.08. The average Bonchev–Trinajstić information content (AvgIpc) is 3.13. The first-order valence-corrected chi connectivity index (χ1v) is 7.67. The largest absolute Gasteiger partial charge is 0.496 e. The van der Waals surface area contributed by atoms with Crippen LogP contribution >= 0.6 is 0 Å². The number of benzene rings is 2. The molecule has 2 aromatic carbocycles. The summed E-state index contributed by atoms with van der Waals surface area (Å²) in [6.07, 6.45) is 4.94. The van der Waals surface area contributed by atoms with Gasteiger partial charge in [0, 0.05) is 48.4 Å². The van der Waals surface area contributed by atoms with Crippen LogP contribution in [0.4, 0.5) is 0 Å². The van der Waals surface area contributed by atoms with Crippen LogP contribution in [0.3, 0.4) is 0 Å². The summed E-state index contributed by atoms with van der Waals surface area (Å²) in [5.74, 6) is 0.700. The Bertz CT molecular complexity index is 1090. The topological polar surface area (TPSA) is 49.0 Å². The zero-order valence-corrected chi connectivity index (χ0v) is 13.8. The molecular formula is C19H17N3O2. The number of methoxy groups -OCH3 is 1. The molecule has 0 aliphatic heterocycles. The second-order valence-electron chi connectivity index (χ2n) is 5.93. The van der Waals surface area contributed by atoms with Crippen molar-refractivity contribution in [3.8, 4) is 16.9 Å². The molecule has 0 saturated heterocycles. The van der Waals surface area contributed by atoms with E-state index < -0.39 is 0 Å². The van der Waals surface area contributed by atoms with Gasteiger partial charge >= 0.3 is 0 Å². The molecule has 0 bridgehead atoms. The van der Waals surface area contributed by atoms with Gasteiger partial charge in [-0.1, -0.05) is 12.1 Å². The van der Waals surface area contributed by atoms with Crippen molar-refractivity contribution in [2.75, 3.05) is 7.11 Å². The standard InChI is InChI=1S/C19H17N3O2/c1-21-9-15(13-5-4-6-16-14(13)10-22(2)20-16)19-17(21)7-12(11-23)8-18(19)24-3/h4-11H,1-3H3. The maximum absolute atomic E-state index is 11.2. The van der Waals surface area contributed by atoms with Gasteiger partial charge in [-0.15, -0.1) is 0 Å². The van der Waals surface area contributed by atoms with E-state index in [1.807, 2.05) is 47.7 Å². The number of nitrogens with zero attached hydrogens (tertiary/aromatic N) is 3. The molecule has 2 aromatic heterocycles. The van der Waals surface area contributed by atoms with Crippen LogP contribution in [0, 0.1) is 0 Å². The van der Waals surface area contributed by atoms with Crippen LogP contribution in [0.1, 0.15) is 10.4 Å². The molecule has 5 heteroatoms. The number of hydrogen-bond donors (Lipinski definition) is 0. The summed E-state index contributed by atoms with van der Waals surface area (Å²) in [6.45, 7) is 0. The Hall–Kier alpha value is -3.08. The fourth-order valence-electron chi connectivity index (χ4n) is 3.33. The van der Waals surface area contributed by atoms with Gasteiger partial charge in [0.1, 0.15) is 12.0 Å². The van der Waals surface area contributed by atoms with Crippen molar-refractivity contribution in [2.24, 2.45) is 14.1 Å². The number of rotatable bonds is 3. The Kier molecular flexibility index (Phi) is 3.16. The number of aldehydes is 1. The fraction of sp³-hybridized carbons (Fsp3) is 0.158. The van der Waals surface area contributed by atoms with E-state index in [1.165, 1.54) is 0 Å². The van der Waals surface area contributed by atoms with Crippen molar-refractivity contribution in [2.45, 2.75) is 0 Å². The minimum atomic E-state index is 0.603. The molecule has 4 aromatic rings. The molecular weight excluding hydrogens is 302 g/mol. The zero-order chi connectivity index (χ0) is 16.8. The number of aryl methyl sites for hydroxylation is 2. The first-order valence-electron chi connectivity index (χ1n) is 7.67. The summed E-state index contributed by atoms with van der Waals surface area (Å²) < 4.78 is 9.41. The minimum absolute atomic E-state index is 0.603. The zero-order valence-electron chi connectivity index (χ0n) is 13.8. The van der Waals surface area contributed by atoms with Crippen molar-refractivity contribution >= 4 is 28.1 Å². The van der Waals surface area contributed by atoms with Crippen LogP contribution in [0.5, 0.6) is 5.75 Å². The fourth-order valence-corrected chi connectivity index (χ4v) is 3.33. The van der Waals surface area contributed by atoms with E-state index in [1.54, 1.807) is 13.2 Å². The number of carbonyl (C=O) groups excluding carboxylic acids is 1. The first kappa shape index (κ1) is 14.5. The highest BCUT2D eigenvalue weighted by Crippen LogP contribution is 2.39. The lowest BCUT2D eigenvalue weighted by Crippen LogP contribution is -1.90. The van der Waals surface area contributed by atoms with Gasteiger partial charge in [-0.3, -0.25) is 9.48 Å². The molecule has 0 atom stereocenters. The molecule has 120 valence electrons. The maximum atomic E-state index is 11.2. The first-order chi connectivity index (χ1) is 11.6. The predicted octanol–water partition coefficient (Wildman–Crippen LogP) is 3.55. The normalized spacial score (nSPS) is 11.3. The predicted molar refractivity (Wildman–Crippen MR) is 94.6 cm³/mol. The second kappa shape index (κ2) is 5.23. The Labute approximate surface area is 139 Å². The molecule has 0 aliphatic rings. The molecule has 24 heavy (non-hydrogen) atoms. The molecule has 4 rings (SSSR count). The lowest BCUT2D eigenvalue weighted by Gasteiger charge is -2.07. The summed E-state index contributed by atoms with van der Waals surface area (Å²) >= 11 is 0. The Balaban J connectivity index is 2.11. The molecule has 0 fully saturated rings. The maximum Gasteiger partial charge on any atom is 0.150 e. The minimum Gasteiger partial charge on any atom is -0.496 e. The SMILES string of the molecule is COc1cc(C=O)cc2c1c(-c1cccc3nn(C)cc13)cn2C. The monoisotopic (exact) mass is 319 g/mol. The van der Waals surface area contributed by atoms with Crippen molar-refractivity contribution in [1.82, 2.24) is 14.3 Å². The van der Waals surface area contributed by atoms with Gasteiger partial charge in [-0.25, -0.2) is 0 Å². The van der Waals surface area contributed by atoms with E-state index in [0.717, 1.165) is 39.2 Å². The Morgan fingerprint density at radius 1 is 1.12 bits per heavy atom. The van der Waals surface area contributed by atoms with E-state index in [-0.39, 0.29) is 0 Å². The lowest BCUT2D eigenvalue weighted by molar-refractivity contribution is 0.112. The summed E-state index contributed by atoms with van der Waals surface area (Å²) in [5, 5.41) is 6.58. The highest BCUT2D eigenvalue weighted by atomic mass is 16.5. The van der Waals surface area contributed by atoms with Gasteiger partial charge in [0.2, 0.25) is 0 Å². The molecule has 0 radical (unpaired) electrons. The quantitative estimate of drug-likeness (QED) is 0.543. The summed E-state index contributed by atoms with van der Waals surface area (Å²) in [4.78, 5) is 11.2. The van der Waals surface area contributed by atoms with E-state index in [0.29, 0.717) is 11.3 Å². The Morgan fingerprint density at radius 2 is 1.96 bits per heavy atom. The van der Waals surface area contributed by atoms with E-state index in [4.69, 9.17) is 4.74 Å². The molecule has 0 unspecified atom stereocenters. The van der Waals surface area contributed by atoms with Gasteiger partial charge in [-0.05, 0) is 23.8 Å². The number of aromatic nitrogens is 3. The number of fused-ring (bicyclic) bond motifs is 2. The second-order valence-corrected chi connectivity index (χ2v) is 5.93. The molecule has 0 spiro atoms. The number of carbonyl (C=O) groups is 1. The van der Waals surface area contributed by atoms with Crippen LogP contribution < -0.4 is 4.74 Å². The van der Waals surface area contributed by atoms with Crippen molar-refractivity contribution in [1.29, 1.82) is 0 Å². The third kappa shape index (κ3) is 2.01. The van der Waals surface area contributed by atoms with Crippen LogP contribution in [0.25, 0.3) is 32.9 Å². The highest BCUT2D eigenvalue weighted by Gasteiger charge is 2.17. The van der Waals surface area contributed by atoms with Gasteiger partial charge in [0.15, 0.2) is 0 Å². The summed E-state index contributed by atoms with van der Waals surface area (Å²) in [5.41, 5.74) is 4.69. The number of ether oxygens (including phenoxy) is 1. The number of hydrogen-bond acceptors (Lipinski definition) is 3. The summed E-state index contributed by atoms with van der Waals surface area (Å²) in [7, 11) is 5.53. The van der Waals surface area contributed by atoms with Crippen LogP contribution in [-0.4, -0.2) is 27.7 Å². The Morgan fingerprint density at radius 3 is 2.71 bits per heavy atom. The van der Waals surface area contributed by atoms with E-state index in [9.17, 15) is 4.79 Å². The van der Waals surface area contributed by atoms with Gasteiger partial charge in [0.05, 0.1) is 18.1 Å². The van der Waals surface area contributed by atoms with Gasteiger partial charge in [0.25, 0.3) is 0 Å². The van der Waals surface area contributed by atoms with Crippen molar-refractivity contribution in [3.63, 3.8) is 0 Å². The van der Waals surface area contributed by atoms with Crippen molar-refractivity contribution in [3.05, 3.63) is 48.3 Å². The molecule has 0 amide bonds. The van der Waals surface area contributed by atoms with Crippen LogP contribution in [-0.2, 0) is 14.1 Å². The molecule has 0 N–H and O–H groups in total. The van der Waals surface area contributed by atoms with Crippen LogP contribution in [0.2, 0.25) is 0 Å². The lowest BCUT2D eigenvalue weighted by atomic mass is 10.00. The molecule has 2 heterocycles. The third-order valence-electron chi connectivity index (χ3n) is 4.39. The van der Waals surface area contributed by atoms with Gasteiger partial charge in [-0.2, -0.15) is 5.10 Å². The summed E-state index contributed by atoms with van der Waals surface area (Å²) in [6, 6.07) is 9.77. The average molecular weight is 319 g/mol.